The molecule has 0 spiro atoms. The molecule has 1 unspecified atom stereocenters. The molecule has 0 radical (unpaired) electrons. The summed E-state index contributed by atoms with van der Waals surface area (Å²) in [6, 6.07) is 0. The van der Waals surface area contributed by atoms with Gasteiger partial charge in [-0.15, -0.1) is 0 Å². The highest BCUT2D eigenvalue weighted by Crippen LogP contribution is 2.36. The van der Waals surface area contributed by atoms with E-state index >= 15 is 0 Å². The van der Waals surface area contributed by atoms with Gasteiger partial charge in [0, 0.05) is 25.2 Å². The summed E-state index contributed by atoms with van der Waals surface area (Å²) in [5.41, 5.74) is 6.29. The zero-order valence-corrected chi connectivity index (χ0v) is 13.0. The fraction of sp³-hybridized carbons (Fsp3) is 1.00. The lowest BCUT2D eigenvalue weighted by atomic mass is 9.72. The molecule has 1 saturated heterocycles. The molecule has 0 bridgehead atoms. The van der Waals surface area contributed by atoms with Gasteiger partial charge in [0.25, 0.3) is 0 Å². The van der Waals surface area contributed by atoms with Crippen LogP contribution in [-0.4, -0.2) is 30.8 Å². The van der Waals surface area contributed by atoms with Crippen molar-refractivity contribution in [1.82, 2.24) is 5.32 Å². The Balaban J connectivity index is 1.86. The molecule has 3 N–H and O–H groups in total. The lowest BCUT2D eigenvalue weighted by Crippen LogP contribution is -2.57. The van der Waals surface area contributed by atoms with Crippen LogP contribution in [0.1, 0.15) is 59.3 Å². The molecule has 2 aliphatic rings. The average molecular weight is 268 g/mol. The summed E-state index contributed by atoms with van der Waals surface area (Å²) in [4.78, 5) is 0. The van der Waals surface area contributed by atoms with Gasteiger partial charge >= 0.3 is 0 Å². The summed E-state index contributed by atoms with van der Waals surface area (Å²) in [6.07, 6.45) is 7.46. The topological polar surface area (TPSA) is 47.3 Å². The SMILES string of the molecule is CC(C)C1CCC(CN)(NCC2(C)CCCO2)CC1. The number of nitrogens with one attached hydrogen (secondary N) is 1. The van der Waals surface area contributed by atoms with Crippen LogP contribution in [0.25, 0.3) is 0 Å². The van der Waals surface area contributed by atoms with Crippen LogP contribution in [0.15, 0.2) is 0 Å². The second-order valence-electron chi connectivity index (χ2n) is 7.32. The van der Waals surface area contributed by atoms with Crippen LogP contribution < -0.4 is 11.1 Å². The van der Waals surface area contributed by atoms with Crippen LogP contribution >= 0.6 is 0 Å². The van der Waals surface area contributed by atoms with E-state index in [4.69, 9.17) is 10.5 Å². The zero-order chi connectivity index (χ0) is 13.9. The van der Waals surface area contributed by atoms with E-state index in [0.29, 0.717) is 0 Å². The summed E-state index contributed by atoms with van der Waals surface area (Å²) in [5.74, 6) is 1.70. The number of rotatable bonds is 5. The van der Waals surface area contributed by atoms with E-state index in [0.717, 1.165) is 31.5 Å². The summed E-state index contributed by atoms with van der Waals surface area (Å²) in [7, 11) is 0. The molecule has 2 fully saturated rings. The van der Waals surface area contributed by atoms with Gasteiger partial charge in [0.05, 0.1) is 5.60 Å². The van der Waals surface area contributed by atoms with Gasteiger partial charge in [0.1, 0.15) is 0 Å². The highest BCUT2D eigenvalue weighted by Gasteiger charge is 2.38. The fourth-order valence-electron chi connectivity index (χ4n) is 3.66. The largest absolute Gasteiger partial charge is 0.374 e. The maximum atomic E-state index is 6.08. The van der Waals surface area contributed by atoms with E-state index < -0.39 is 0 Å². The van der Waals surface area contributed by atoms with Crippen molar-refractivity contribution in [3.63, 3.8) is 0 Å². The Kier molecular flexibility index (Phi) is 4.91. The van der Waals surface area contributed by atoms with Crippen molar-refractivity contribution in [2.45, 2.75) is 70.4 Å². The Morgan fingerprint density at radius 3 is 2.42 bits per heavy atom. The number of ether oxygens (including phenoxy) is 1. The Bertz CT molecular complexity index is 276. The lowest BCUT2D eigenvalue weighted by Gasteiger charge is -2.43. The Morgan fingerprint density at radius 2 is 1.95 bits per heavy atom. The van der Waals surface area contributed by atoms with Gasteiger partial charge < -0.3 is 15.8 Å². The predicted molar refractivity (Wildman–Crippen MR) is 80.2 cm³/mol. The van der Waals surface area contributed by atoms with Gasteiger partial charge in [-0.1, -0.05) is 13.8 Å². The summed E-state index contributed by atoms with van der Waals surface area (Å²) in [5, 5.41) is 3.78. The highest BCUT2D eigenvalue weighted by molar-refractivity contribution is 4.96. The van der Waals surface area contributed by atoms with Gasteiger partial charge in [-0.25, -0.2) is 0 Å². The second kappa shape index (κ2) is 6.11. The number of hydrogen-bond acceptors (Lipinski definition) is 3. The molecule has 3 heteroatoms. The van der Waals surface area contributed by atoms with Gasteiger partial charge in [-0.05, 0) is 57.3 Å². The minimum absolute atomic E-state index is 0.0388. The average Bonchev–Trinajstić information content (AvgIpc) is 2.84. The molecule has 112 valence electrons. The lowest BCUT2D eigenvalue weighted by molar-refractivity contribution is 0.0102. The van der Waals surface area contributed by atoms with Crippen molar-refractivity contribution in [2.24, 2.45) is 17.6 Å². The van der Waals surface area contributed by atoms with Gasteiger partial charge in [0.2, 0.25) is 0 Å². The first-order chi connectivity index (χ1) is 8.99. The van der Waals surface area contributed by atoms with E-state index in [2.05, 4.69) is 26.1 Å². The van der Waals surface area contributed by atoms with E-state index in [1.165, 1.54) is 38.5 Å². The normalized spacial score (nSPS) is 39.9. The maximum Gasteiger partial charge on any atom is 0.0779 e. The quantitative estimate of drug-likeness (QED) is 0.806. The fourth-order valence-corrected chi connectivity index (χ4v) is 3.66. The van der Waals surface area contributed by atoms with Crippen LogP contribution in [0, 0.1) is 11.8 Å². The third-order valence-electron chi connectivity index (χ3n) is 5.46. The molecular formula is C16H32N2O. The Morgan fingerprint density at radius 1 is 1.26 bits per heavy atom. The Labute approximate surface area is 118 Å². The molecule has 1 heterocycles. The number of nitrogens with two attached hydrogens (primary N) is 1. The van der Waals surface area contributed by atoms with Crippen molar-refractivity contribution >= 4 is 0 Å². The van der Waals surface area contributed by atoms with Crippen LogP contribution in [0.5, 0.6) is 0 Å². The molecule has 1 atom stereocenters. The van der Waals surface area contributed by atoms with Crippen molar-refractivity contribution in [3.8, 4) is 0 Å². The molecule has 0 aromatic rings. The molecule has 1 aliphatic heterocycles. The predicted octanol–water partition coefficient (Wildman–Crippen LogP) is 2.69. The van der Waals surface area contributed by atoms with Crippen molar-refractivity contribution in [1.29, 1.82) is 0 Å². The summed E-state index contributed by atoms with van der Waals surface area (Å²) in [6.45, 7) is 9.56. The molecule has 0 aromatic heterocycles. The van der Waals surface area contributed by atoms with E-state index in [1.54, 1.807) is 0 Å². The minimum atomic E-state index is 0.0388. The van der Waals surface area contributed by atoms with E-state index in [-0.39, 0.29) is 11.1 Å². The molecule has 0 amide bonds. The van der Waals surface area contributed by atoms with Crippen molar-refractivity contribution in [3.05, 3.63) is 0 Å². The second-order valence-corrected chi connectivity index (χ2v) is 7.32. The van der Waals surface area contributed by atoms with Crippen LogP contribution in [0.4, 0.5) is 0 Å². The van der Waals surface area contributed by atoms with Gasteiger partial charge in [-0.2, -0.15) is 0 Å². The summed E-state index contributed by atoms with van der Waals surface area (Å²) >= 11 is 0. The molecular weight excluding hydrogens is 236 g/mol. The van der Waals surface area contributed by atoms with Gasteiger partial charge in [-0.3, -0.25) is 0 Å². The van der Waals surface area contributed by atoms with Crippen LogP contribution in [0.3, 0.4) is 0 Å². The van der Waals surface area contributed by atoms with E-state index in [1.807, 2.05) is 0 Å². The highest BCUT2D eigenvalue weighted by atomic mass is 16.5. The monoisotopic (exact) mass is 268 g/mol. The Hall–Kier alpha value is -0.120. The van der Waals surface area contributed by atoms with Gasteiger partial charge in [0.15, 0.2) is 0 Å². The third kappa shape index (κ3) is 3.71. The zero-order valence-electron chi connectivity index (χ0n) is 13.0. The van der Waals surface area contributed by atoms with Crippen molar-refractivity contribution < 1.29 is 4.74 Å². The smallest absolute Gasteiger partial charge is 0.0779 e. The molecule has 1 saturated carbocycles. The molecule has 2 rings (SSSR count). The third-order valence-corrected chi connectivity index (χ3v) is 5.46. The molecule has 1 aliphatic carbocycles. The molecule has 19 heavy (non-hydrogen) atoms. The van der Waals surface area contributed by atoms with Crippen LogP contribution in [-0.2, 0) is 4.74 Å². The maximum absolute atomic E-state index is 6.08. The standard InChI is InChI=1S/C16H32N2O/c1-13(2)14-5-8-16(11-17,9-6-14)18-12-15(3)7-4-10-19-15/h13-14,18H,4-12,17H2,1-3H3. The van der Waals surface area contributed by atoms with Crippen molar-refractivity contribution in [2.75, 3.05) is 19.7 Å². The van der Waals surface area contributed by atoms with Crippen LogP contribution in [0.2, 0.25) is 0 Å². The summed E-state index contributed by atoms with van der Waals surface area (Å²) < 4.78 is 5.88. The molecule has 0 aromatic carbocycles. The first kappa shape index (κ1) is 15.3. The first-order valence-electron chi connectivity index (χ1n) is 8.08. The van der Waals surface area contributed by atoms with E-state index in [9.17, 15) is 0 Å². The number of hydrogen-bond donors (Lipinski definition) is 2. The molecule has 3 nitrogen and oxygen atoms in total. The minimum Gasteiger partial charge on any atom is -0.374 e. The first-order valence-corrected chi connectivity index (χ1v) is 8.08.